The van der Waals surface area contributed by atoms with E-state index in [1.54, 1.807) is 11.3 Å². The Bertz CT molecular complexity index is 455. The van der Waals surface area contributed by atoms with E-state index >= 15 is 0 Å². The maximum absolute atomic E-state index is 10.4. The van der Waals surface area contributed by atoms with Crippen LogP contribution in [0.2, 0.25) is 0 Å². The minimum absolute atomic E-state index is 0.257. The van der Waals surface area contributed by atoms with E-state index in [-0.39, 0.29) is 18.3 Å². The first-order valence-electron chi connectivity index (χ1n) is 8.53. The summed E-state index contributed by atoms with van der Waals surface area (Å²) < 4.78 is 5.75. The predicted octanol–water partition coefficient (Wildman–Crippen LogP) is 0.735. The van der Waals surface area contributed by atoms with E-state index in [9.17, 15) is 5.11 Å². The second-order valence-electron chi connectivity index (χ2n) is 6.73. The largest absolute Gasteiger partial charge is 0.390 e. The fourth-order valence-electron chi connectivity index (χ4n) is 3.58. The molecule has 2 saturated heterocycles. The molecule has 1 aromatic rings. The topological polar surface area (TPSA) is 52.1 Å². The molecule has 2 fully saturated rings. The molecule has 2 aliphatic rings. The predicted molar refractivity (Wildman–Crippen MR) is 93.2 cm³/mol. The Morgan fingerprint density at radius 1 is 1.17 bits per heavy atom. The molecule has 0 spiro atoms. The maximum Gasteiger partial charge on any atom is 0.185 e. The van der Waals surface area contributed by atoms with Crippen LogP contribution >= 0.6 is 11.3 Å². The van der Waals surface area contributed by atoms with Gasteiger partial charge in [0.2, 0.25) is 0 Å². The summed E-state index contributed by atoms with van der Waals surface area (Å²) in [7, 11) is 0. The van der Waals surface area contributed by atoms with Crippen LogP contribution in [-0.4, -0.2) is 90.6 Å². The Labute approximate surface area is 142 Å². The number of nitrogens with zero attached hydrogens (tertiary/aromatic N) is 4. The van der Waals surface area contributed by atoms with Crippen molar-refractivity contribution < 1.29 is 9.84 Å². The molecule has 1 aromatic heterocycles. The van der Waals surface area contributed by atoms with Crippen molar-refractivity contribution in [3.8, 4) is 0 Å². The number of β-amino-alcohol motifs (C(OH)–C–C–N with tert-alkyl or cyclic N) is 1. The number of aliphatic hydroxyl groups excluding tert-OH is 1. The molecule has 0 bridgehead atoms. The van der Waals surface area contributed by atoms with Gasteiger partial charge >= 0.3 is 0 Å². The van der Waals surface area contributed by atoms with Crippen molar-refractivity contribution in [1.82, 2.24) is 14.8 Å². The molecule has 0 radical (unpaired) electrons. The molecule has 7 heteroatoms. The molecule has 3 rings (SSSR count). The molecule has 0 unspecified atom stereocenters. The van der Waals surface area contributed by atoms with Crippen molar-refractivity contribution in [3.05, 3.63) is 11.6 Å². The summed E-state index contributed by atoms with van der Waals surface area (Å²) in [5.41, 5.74) is 0. The summed E-state index contributed by atoms with van der Waals surface area (Å²) in [5.74, 6) is 0. The monoisotopic (exact) mass is 340 g/mol. The normalized spacial score (nSPS) is 28.9. The van der Waals surface area contributed by atoms with Crippen molar-refractivity contribution in [1.29, 1.82) is 0 Å². The summed E-state index contributed by atoms with van der Waals surface area (Å²) >= 11 is 1.70. The second kappa shape index (κ2) is 7.90. The van der Waals surface area contributed by atoms with Gasteiger partial charge in [0.25, 0.3) is 0 Å². The summed E-state index contributed by atoms with van der Waals surface area (Å²) in [6.45, 7) is 11.5. The Kier molecular flexibility index (Phi) is 5.87. The lowest BCUT2D eigenvalue weighted by atomic mass is 10.2. The molecule has 0 saturated carbocycles. The molecule has 1 N–H and O–H groups in total. The second-order valence-corrected chi connectivity index (χ2v) is 7.61. The number of ether oxygens (including phenoxy) is 1. The molecule has 130 valence electrons. The Morgan fingerprint density at radius 3 is 2.43 bits per heavy atom. The number of thiazole rings is 1. The van der Waals surface area contributed by atoms with Gasteiger partial charge < -0.3 is 14.7 Å². The third-order valence-corrected chi connectivity index (χ3v) is 5.33. The fourth-order valence-corrected chi connectivity index (χ4v) is 4.28. The summed E-state index contributed by atoms with van der Waals surface area (Å²) in [4.78, 5) is 11.4. The number of hydrogen-bond donors (Lipinski definition) is 1. The van der Waals surface area contributed by atoms with Crippen LogP contribution in [0.15, 0.2) is 11.6 Å². The van der Waals surface area contributed by atoms with E-state index in [0.717, 1.165) is 57.5 Å². The van der Waals surface area contributed by atoms with E-state index in [4.69, 9.17) is 4.74 Å². The van der Waals surface area contributed by atoms with Crippen molar-refractivity contribution in [3.63, 3.8) is 0 Å². The zero-order valence-electron chi connectivity index (χ0n) is 14.1. The van der Waals surface area contributed by atoms with Crippen LogP contribution in [0.5, 0.6) is 0 Å². The minimum atomic E-state index is -0.293. The first kappa shape index (κ1) is 17.1. The third kappa shape index (κ3) is 4.87. The molecule has 0 aromatic carbocycles. The molecular formula is C16H28N4O2S. The average Bonchev–Trinajstić information content (AvgIpc) is 3.01. The van der Waals surface area contributed by atoms with Crippen LogP contribution in [0.4, 0.5) is 5.13 Å². The van der Waals surface area contributed by atoms with Crippen molar-refractivity contribution >= 4 is 16.5 Å². The highest BCUT2D eigenvalue weighted by Crippen LogP contribution is 2.19. The Balaban J connectivity index is 1.40. The zero-order valence-corrected chi connectivity index (χ0v) is 14.9. The SMILES string of the molecule is C[C@@H]1CN(C[C@H](O)CN2CCN(c3nccs3)CC2)C[C@H](C)O1. The smallest absolute Gasteiger partial charge is 0.185 e. The zero-order chi connectivity index (χ0) is 16.2. The minimum Gasteiger partial charge on any atom is -0.390 e. The molecule has 0 aliphatic carbocycles. The van der Waals surface area contributed by atoms with Crippen molar-refractivity contribution in [2.45, 2.75) is 32.2 Å². The van der Waals surface area contributed by atoms with Crippen LogP contribution in [0.25, 0.3) is 0 Å². The van der Waals surface area contributed by atoms with Gasteiger partial charge in [0, 0.05) is 63.9 Å². The van der Waals surface area contributed by atoms with Crippen LogP contribution in [0.3, 0.4) is 0 Å². The summed E-state index contributed by atoms with van der Waals surface area (Å²) in [6, 6.07) is 0. The van der Waals surface area contributed by atoms with E-state index in [1.165, 1.54) is 0 Å². The quantitative estimate of drug-likeness (QED) is 0.853. The molecule has 3 heterocycles. The standard InChI is InChI=1S/C16H28N4O2S/c1-13-9-19(10-14(2)22-13)12-15(21)11-18-4-6-20(7-5-18)16-17-3-8-23-16/h3,8,13-15,21H,4-7,9-12H2,1-2H3/t13-,14+,15-/m1/s1. The van der Waals surface area contributed by atoms with E-state index in [2.05, 4.69) is 33.5 Å². The summed E-state index contributed by atoms with van der Waals surface area (Å²) in [6.07, 6.45) is 2.08. The number of aromatic nitrogens is 1. The molecule has 3 atom stereocenters. The van der Waals surface area contributed by atoms with Gasteiger partial charge in [-0.2, -0.15) is 0 Å². The number of aliphatic hydroxyl groups is 1. The van der Waals surface area contributed by atoms with Gasteiger partial charge in [-0.15, -0.1) is 11.3 Å². The van der Waals surface area contributed by atoms with E-state index in [0.29, 0.717) is 0 Å². The van der Waals surface area contributed by atoms with Gasteiger partial charge in [-0.1, -0.05) is 0 Å². The fraction of sp³-hybridized carbons (Fsp3) is 0.812. The molecule has 23 heavy (non-hydrogen) atoms. The Hall–Kier alpha value is -0.730. The molecule has 2 aliphatic heterocycles. The maximum atomic E-state index is 10.4. The lowest BCUT2D eigenvalue weighted by Gasteiger charge is -2.38. The van der Waals surface area contributed by atoms with E-state index in [1.807, 2.05) is 11.6 Å². The third-order valence-electron chi connectivity index (χ3n) is 4.50. The van der Waals surface area contributed by atoms with Gasteiger partial charge in [-0.25, -0.2) is 4.98 Å². The molecule has 6 nitrogen and oxygen atoms in total. The van der Waals surface area contributed by atoms with Gasteiger partial charge in [-0.05, 0) is 13.8 Å². The summed E-state index contributed by atoms with van der Waals surface area (Å²) in [5, 5.41) is 13.6. The van der Waals surface area contributed by atoms with Gasteiger partial charge in [0.1, 0.15) is 0 Å². The highest BCUT2D eigenvalue weighted by molar-refractivity contribution is 7.13. The van der Waals surface area contributed by atoms with Crippen molar-refractivity contribution in [2.24, 2.45) is 0 Å². The lowest BCUT2D eigenvalue weighted by molar-refractivity contribution is -0.0780. The molecule has 0 amide bonds. The number of rotatable bonds is 5. The first-order valence-corrected chi connectivity index (χ1v) is 9.41. The Morgan fingerprint density at radius 2 is 1.83 bits per heavy atom. The number of anilines is 1. The van der Waals surface area contributed by atoms with Crippen molar-refractivity contribution in [2.75, 3.05) is 57.3 Å². The highest BCUT2D eigenvalue weighted by Gasteiger charge is 2.25. The number of piperazine rings is 1. The average molecular weight is 340 g/mol. The van der Waals surface area contributed by atoms with Gasteiger partial charge in [0.05, 0.1) is 18.3 Å². The number of hydrogen-bond acceptors (Lipinski definition) is 7. The van der Waals surface area contributed by atoms with E-state index < -0.39 is 0 Å². The first-order chi connectivity index (χ1) is 11.1. The molecular weight excluding hydrogens is 312 g/mol. The van der Waals surface area contributed by atoms with Crippen LogP contribution in [0.1, 0.15) is 13.8 Å². The van der Waals surface area contributed by atoms with Crippen LogP contribution < -0.4 is 4.90 Å². The lowest BCUT2D eigenvalue weighted by Crippen LogP contribution is -2.52. The van der Waals surface area contributed by atoms with Crippen LogP contribution in [0, 0.1) is 0 Å². The van der Waals surface area contributed by atoms with Crippen LogP contribution in [-0.2, 0) is 4.74 Å². The van der Waals surface area contributed by atoms with Gasteiger partial charge in [0.15, 0.2) is 5.13 Å². The number of morpholine rings is 1. The highest BCUT2D eigenvalue weighted by atomic mass is 32.1. The van der Waals surface area contributed by atoms with Gasteiger partial charge in [-0.3, -0.25) is 9.80 Å².